The maximum absolute atomic E-state index is 5.92. The Kier molecular flexibility index (Phi) is 10.9. The van der Waals surface area contributed by atoms with Gasteiger partial charge in [0.1, 0.15) is 12.4 Å². The van der Waals surface area contributed by atoms with E-state index in [4.69, 9.17) is 19.0 Å². The van der Waals surface area contributed by atoms with Gasteiger partial charge in [0.25, 0.3) is 0 Å². The standard InChI is InChI=1S/C23H37N5O3/c1-6-24-23(25-12-8-9-21-27-22(17(3)4)28-31-21)26-16-19-11-10-18(5)15-20(19)30-14-13-29-7-2/h10-11,15,17H,6-9,12-14,16H2,1-5H3,(H2,24,25,26). The van der Waals surface area contributed by atoms with Crippen LogP contribution in [0.1, 0.15) is 62.9 Å². The highest BCUT2D eigenvalue weighted by atomic mass is 16.5. The molecule has 0 aliphatic heterocycles. The quantitative estimate of drug-likeness (QED) is 0.284. The first-order valence-corrected chi connectivity index (χ1v) is 11.2. The normalized spacial score (nSPS) is 11.7. The molecule has 0 fully saturated rings. The summed E-state index contributed by atoms with van der Waals surface area (Å²) in [6.45, 7) is 14.1. The van der Waals surface area contributed by atoms with Crippen molar-refractivity contribution in [2.24, 2.45) is 4.99 Å². The van der Waals surface area contributed by atoms with Crippen molar-refractivity contribution in [3.05, 3.63) is 41.0 Å². The molecule has 2 rings (SSSR count). The summed E-state index contributed by atoms with van der Waals surface area (Å²) in [7, 11) is 0. The van der Waals surface area contributed by atoms with E-state index in [0.29, 0.717) is 32.3 Å². The molecule has 172 valence electrons. The lowest BCUT2D eigenvalue weighted by molar-refractivity contribution is 0.110. The summed E-state index contributed by atoms with van der Waals surface area (Å²) < 4.78 is 16.6. The molecular formula is C23H37N5O3. The van der Waals surface area contributed by atoms with Crippen molar-refractivity contribution in [1.29, 1.82) is 0 Å². The van der Waals surface area contributed by atoms with Crippen LogP contribution in [0.5, 0.6) is 5.75 Å². The van der Waals surface area contributed by atoms with Gasteiger partial charge >= 0.3 is 0 Å². The van der Waals surface area contributed by atoms with Gasteiger partial charge in [0.05, 0.1) is 13.2 Å². The van der Waals surface area contributed by atoms with Crippen LogP contribution in [0.2, 0.25) is 0 Å². The average Bonchev–Trinajstić information content (AvgIpc) is 3.23. The first-order chi connectivity index (χ1) is 15.0. The highest BCUT2D eigenvalue weighted by Crippen LogP contribution is 2.21. The van der Waals surface area contributed by atoms with E-state index in [2.05, 4.69) is 60.6 Å². The Morgan fingerprint density at radius 1 is 1.19 bits per heavy atom. The molecule has 2 N–H and O–H groups in total. The fourth-order valence-corrected chi connectivity index (χ4v) is 2.84. The van der Waals surface area contributed by atoms with E-state index in [9.17, 15) is 0 Å². The van der Waals surface area contributed by atoms with Crippen LogP contribution in [0.3, 0.4) is 0 Å². The number of rotatable bonds is 13. The molecular weight excluding hydrogens is 394 g/mol. The van der Waals surface area contributed by atoms with Gasteiger partial charge in [-0.2, -0.15) is 4.98 Å². The second-order valence-corrected chi connectivity index (χ2v) is 7.58. The molecule has 0 amide bonds. The summed E-state index contributed by atoms with van der Waals surface area (Å²) in [6.07, 6.45) is 1.61. The number of aromatic nitrogens is 2. The third kappa shape index (κ3) is 8.96. The van der Waals surface area contributed by atoms with Crippen molar-refractivity contribution < 1.29 is 14.0 Å². The van der Waals surface area contributed by atoms with Crippen molar-refractivity contribution in [2.75, 3.05) is 32.9 Å². The van der Waals surface area contributed by atoms with E-state index >= 15 is 0 Å². The smallest absolute Gasteiger partial charge is 0.226 e. The summed E-state index contributed by atoms with van der Waals surface area (Å²) in [5.41, 5.74) is 2.21. The van der Waals surface area contributed by atoms with Gasteiger partial charge in [-0.05, 0) is 38.8 Å². The first kappa shape index (κ1) is 24.7. The molecule has 0 aliphatic carbocycles. The lowest BCUT2D eigenvalue weighted by Crippen LogP contribution is -2.37. The third-order valence-corrected chi connectivity index (χ3v) is 4.52. The maximum Gasteiger partial charge on any atom is 0.226 e. The lowest BCUT2D eigenvalue weighted by atomic mass is 10.1. The van der Waals surface area contributed by atoms with E-state index in [0.717, 1.165) is 54.6 Å². The number of ether oxygens (including phenoxy) is 2. The Balaban J connectivity index is 1.88. The molecule has 1 aromatic heterocycles. The zero-order chi connectivity index (χ0) is 22.5. The van der Waals surface area contributed by atoms with E-state index < -0.39 is 0 Å². The van der Waals surface area contributed by atoms with Crippen LogP contribution < -0.4 is 15.4 Å². The number of aryl methyl sites for hydroxylation is 2. The number of guanidine groups is 1. The topological polar surface area (TPSA) is 93.8 Å². The Bertz CT molecular complexity index is 804. The molecule has 0 saturated carbocycles. The van der Waals surface area contributed by atoms with E-state index in [-0.39, 0.29) is 5.92 Å². The van der Waals surface area contributed by atoms with Crippen LogP contribution in [0.15, 0.2) is 27.7 Å². The van der Waals surface area contributed by atoms with E-state index in [1.165, 1.54) is 0 Å². The Morgan fingerprint density at radius 2 is 2.03 bits per heavy atom. The van der Waals surface area contributed by atoms with E-state index in [1.807, 2.05) is 13.0 Å². The van der Waals surface area contributed by atoms with Gasteiger partial charge in [0.2, 0.25) is 5.89 Å². The van der Waals surface area contributed by atoms with Crippen LogP contribution in [-0.4, -0.2) is 49.0 Å². The molecule has 0 atom stereocenters. The van der Waals surface area contributed by atoms with Crippen molar-refractivity contribution in [2.45, 2.75) is 59.9 Å². The molecule has 0 radical (unpaired) electrons. The van der Waals surface area contributed by atoms with Crippen LogP contribution in [0.25, 0.3) is 0 Å². The number of nitrogens with zero attached hydrogens (tertiary/aromatic N) is 3. The van der Waals surface area contributed by atoms with Crippen LogP contribution >= 0.6 is 0 Å². The molecule has 2 aromatic rings. The summed E-state index contributed by atoms with van der Waals surface area (Å²) in [5.74, 6) is 3.35. The minimum atomic E-state index is 0.276. The predicted octanol–water partition coefficient (Wildman–Crippen LogP) is 3.60. The Labute approximate surface area is 185 Å². The zero-order valence-electron chi connectivity index (χ0n) is 19.5. The third-order valence-electron chi connectivity index (χ3n) is 4.52. The van der Waals surface area contributed by atoms with Crippen molar-refractivity contribution in [3.8, 4) is 5.75 Å². The monoisotopic (exact) mass is 431 g/mol. The molecule has 0 bridgehead atoms. The van der Waals surface area contributed by atoms with Crippen LogP contribution in [-0.2, 0) is 17.7 Å². The molecule has 0 saturated heterocycles. The first-order valence-electron chi connectivity index (χ1n) is 11.2. The van der Waals surface area contributed by atoms with Gasteiger partial charge in [-0.15, -0.1) is 0 Å². The maximum atomic E-state index is 5.92. The molecule has 0 unspecified atom stereocenters. The number of nitrogens with one attached hydrogen (secondary N) is 2. The van der Waals surface area contributed by atoms with Gasteiger partial charge in [-0.25, -0.2) is 4.99 Å². The van der Waals surface area contributed by atoms with E-state index in [1.54, 1.807) is 0 Å². The SMILES string of the molecule is CCNC(=NCc1ccc(C)cc1OCCOCC)NCCCc1nc(C(C)C)no1. The van der Waals surface area contributed by atoms with Gasteiger partial charge < -0.3 is 24.6 Å². The predicted molar refractivity (Wildman–Crippen MR) is 123 cm³/mol. The molecule has 0 spiro atoms. The zero-order valence-corrected chi connectivity index (χ0v) is 19.5. The van der Waals surface area contributed by atoms with Gasteiger partial charge in [0, 0.05) is 37.6 Å². The average molecular weight is 432 g/mol. The molecule has 1 aromatic carbocycles. The number of benzene rings is 1. The molecule has 8 heteroatoms. The summed E-state index contributed by atoms with van der Waals surface area (Å²) in [4.78, 5) is 9.14. The van der Waals surface area contributed by atoms with Gasteiger partial charge in [-0.1, -0.05) is 31.1 Å². The van der Waals surface area contributed by atoms with Crippen molar-refractivity contribution in [1.82, 2.24) is 20.8 Å². The minimum Gasteiger partial charge on any atom is -0.491 e. The second-order valence-electron chi connectivity index (χ2n) is 7.58. The van der Waals surface area contributed by atoms with Crippen LogP contribution in [0, 0.1) is 6.92 Å². The minimum absolute atomic E-state index is 0.276. The second kappa shape index (κ2) is 13.6. The number of hydrogen-bond acceptors (Lipinski definition) is 6. The molecule has 0 aliphatic rings. The lowest BCUT2D eigenvalue weighted by Gasteiger charge is -2.13. The summed E-state index contributed by atoms with van der Waals surface area (Å²) >= 11 is 0. The largest absolute Gasteiger partial charge is 0.491 e. The molecule has 1 heterocycles. The van der Waals surface area contributed by atoms with Crippen LogP contribution in [0.4, 0.5) is 0 Å². The molecule has 8 nitrogen and oxygen atoms in total. The number of aliphatic imine (C=N–C) groups is 1. The Morgan fingerprint density at radius 3 is 2.74 bits per heavy atom. The highest BCUT2D eigenvalue weighted by molar-refractivity contribution is 5.79. The summed E-state index contributed by atoms with van der Waals surface area (Å²) in [6, 6.07) is 6.20. The van der Waals surface area contributed by atoms with Gasteiger partial charge in [0.15, 0.2) is 11.8 Å². The van der Waals surface area contributed by atoms with Crippen molar-refractivity contribution >= 4 is 5.96 Å². The van der Waals surface area contributed by atoms with Gasteiger partial charge in [-0.3, -0.25) is 0 Å². The highest BCUT2D eigenvalue weighted by Gasteiger charge is 2.09. The molecule has 31 heavy (non-hydrogen) atoms. The van der Waals surface area contributed by atoms with Crippen molar-refractivity contribution in [3.63, 3.8) is 0 Å². The number of hydrogen-bond donors (Lipinski definition) is 2. The summed E-state index contributed by atoms with van der Waals surface area (Å²) in [5, 5.41) is 10.7. The fourth-order valence-electron chi connectivity index (χ4n) is 2.84. The fraction of sp³-hybridized carbons (Fsp3) is 0.609. The Hall–Kier alpha value is -2.61.